The van der Waals surface area contributed by atoms with Crippen LogP contribution in [0, 0.1) is 12.3 Å². The molecule has 0 aliphatic carbocycles. The van der Waals surface area contributed by atoms with Crippen LogP contribution in [-0.4, -0.2) is 11.2 Å². The van der Waals surface area contributed by atoms with Crippen LogP contribution in [0.3, 0.4) is 0 Å². The van der Waals surface area contributed by atoms with Gasteiger partial charge < -0.3 is 9.83 Å². The molecule has 0 spiro atoms. The van der Waals surface area contributed by atoms with E-state index in [1.54, 1.807) is 6.92 Å². The van der Waals surface area contributed by atoms with E-state index in [1.807, 2.05) is 32.9 Å². The molecule has 0 fully saturated rings. The van der Waals surface area contributed by atoms with Crippen molar-refractivity contribution < 1.29 is 4.42 Å². The number of nitrogens with zero attached hydrogens (tertiary/aromatic N) is 1. The van der Waals surface area contributed by atoms with Crippen LogP contribution in [0.5, 0.6) is 0 Å². The first-order chi connectivity index (χ1) is 6.27. The van der Waals surface area contributed by atoms with Crippen LogP contribution in [0.2, 0.25) is 0 Å². The second-order valence-corrected chi connectivity index (χ2v) is 2.13. The van der Waals surface area contributed by atoms with Gasteiger partial charge in [-0.2, -0.15) is 0 Å². The van der Waals surface area contributed by atoms with E-state index in [2.05, 4.69) is 4.98 Å². The maximum atomic E-state index is 6.98. The highest BCUT2D eigenvalue weighted by Crippen LogP contribution is 2.09. The van der Waals surface area contributed by atoms with Gasteiger partial charge in [-0.1, -0.05) is 19.9 Å². The van der Waals surface area contributed by atoms with Crippen LogP contribution < -0.4 is 0 Å². The van der Waals surface area contributed by atoms with Gasteiger partial charge in [0, 0.05) is 6.92 Å². The van der Waals surface area contributed by atoms with E-state index in [9.17, 15) is 0 Å². The van der Waals surface area contributed by atoms with Gasteiger partial charge in [0.15, 0.2) is 11.7 Å². The Morgan fingerprint density at radius 3 is 2.46 bits per heavy atom. The van der Waals surface area contributed by atoms with Crippen molar-refractivity contribution in [1.82, 2.24) is 4.98 Å². The number of aryl methyl sites for hydroxylation is 1. The van der Waals surface area contributed by atoms with Gasteiger partial charge in [-0.15, -0.1) is 0 Å². The van der Waals surface area contributed by atoms with Gasteiger partial charge >= 0.3 is 0 Å². The number of rotatable bonds is 2. The quantitative estimate of drug-likeness (QED) is 0.711. The maximum absolute atomic E-state index is 6.98. The highest BCUT2D eigenvalue weighted by molar-refractivity contribution is 5.78. The van der Waals surface area contributed by atoms with Gasteiger partial charge in [-0.05, 0) is 13.0 Å². The fourth-order valence-corrected chi connectivity index (χ4v) is 0.840. The zero-order valence-corrected chi connectivity index (χ0v) is 8.59. The first-order valence-corrected chi connectivity index (χ1v) is 4.38. The highest BCUT2D eigenvalue weighted by Gasteiger charge is 2.03. The smallest absolute Gasteiger partial charge is 0.192 e. The third kappa shape index (κ3) is 3.23. The summed E-state index contributed by atoms with van der Waals surface area (Å²) in [5.74, 6) is 1.11. The van der Waals surface area contributed by atoms with Gasteiger partial charge in [0.05, 0.1) is 6.21 Å². The Kier molecular flexibility index (Phi) is 5.52. The number of nitrogens with one attached hydrogen (secondary N) is 1. The monoisotopic (exact) mass is 180 g/mol. The van der Waals surface area contributed by atoms with Gasteiger partial charge in [-0.3, -0.25) is 0 Å². The largest absolute Gasteiger partial charge is 0.439 e. The molecule has 1 aromatic heterocycles. The molecule has 1 N–H and O–H groups in total. The number of allylic oxidation sites excluding steroid dienone is 1. The fourth-order valence-electron chi connectivity index (χ4n) is 0.840. The molecule has 0 bridgehead atoms. The fraction of sp³-hybridized carbons (Fsp3) is 0.400. The molecule has 0 radical (unpaired) electrons. The van der Waals surface area contributed by atoms with E-state index >= 15 is 0 Å². The topological polar surface area (TPSA) is 49.9 Å². The van der Waals surface area contributed by atoms with Crippen LogP contribution in [0.4, 0.5) is 0 Å². The van der Waals surface area contributed by atoms with Crippen molar-refractivity contribution >= 4 is 12.3 Å². The molecule has 0 unspecified atom stereocenters. The molecule has 0 aliphatic rings. The van der Waals surface area contributed by atoms with E-state index in [4.69, 9.17) is 9.83 Å². The SMILES string of the molecule is C/C=C\c1nc(C)oc1C=N.CC. The number of oxazole rings is 1. The minimum atomic E-state index is 0.514. The summed E-state index contributed by atoms with van der Waals surface area (Å²) in [5, 5.41) is 6.98. The van der Waals surface area contributed by atoms with Gasteiger partial charge in [-0.25, -0.2) is 4.98 Å². The predicted octanol–water partition coefficient (Wildman–Crippen LogP) is 3.04. The van der Waals surface area contributed by atoms with Crippen molar-refractivity contribution in [1.29, 1.82) is 5.41 Å². The van der Waals surface area contributed by atoms with Crippen LogP contribution in [0.1, 0.15) is 38.1 Å². The Morgan fingerprint density at radius 1 is 1.38 bits per heavy atom. The molecule has 3 heteroatoms. The predicted molar refractivity (Wildman–Crippen MR) is 55.2 cm³/mol. The normalized spacial score (nSPS) is 9.54. The number of hydrogen-bond acceptors (Lipinski definition) is 3. The van der Waals surface area contributed by atoms with E-state index < -0.39 is 0 Å². The summed E-state index contributed by atoms with van der Waals surface area (Å²) in [6, 6.07) is 0. The maximum Gasteiger partial charge on any atom is 0.192 e. The zero-order valence-electron chi connectivity index (χ0n) is 8.59. The van der Waals surface area contributed by atoms with Crippen molar-refractivity contribution in [3.05, 3.63) is 23.4 Å². The average molecular weight is 180 g/mol. The van der Waals surface area contributed by atoms with E-state index in [1.165, 1.54) is 0 Å². The molecule has 1 aromatic rings. The van der Waals surface area contributed by atoms with Crippen molar-refractivity contribution in [3.8, 4) is 0 Å². The Morgan fingerprint density at radius 2 is 2.00 bits per heavy atom. The Labute approximate surface area is 79.0 Å². The molecule has 0 aromatic carbocycles. The van der Waals surface area contributed by atoms with E-state index in [0.29, 0.717) is 11.7 Å². The molecule has 0 saturated heterocycles. The summed E-state index contributed by atoms with van der Waals surface area (Å²) >= 11 is 0. The summed E-state index contributed by atoms with van der Waals surface area (Å²) < 4.78 is 5.11. The molecule has 13 heavy (non-hydrogen) atoms. The average Bonchev–Trinajstić information content (AvgIpc) is 2.50. The first-order valence-electron chi connectivity index (χ1n) is 4.38. The third-order valence-corrected chi connectivity index (χ3v) is 1.24. The molecule has 0 amide bonds. The minimum absolute atomic E-state index is 0.514. The third-order valence-electron chi connectivity index (χ3n) is 1.24. The molecule has 72 valence electrons. The molecule has 0 saturated carbocycles. The molecule has 0 atom stereocenters. The van der Waals surface area contributed by atoms with Crippen molar-refractivity contribution in [2.75, 3.05) is 0 Å². The summed E-state index contributed by atoms with van der Waals surface area (Å²) in [6.45, 7) is 7.66. The standard InChI is InChI=1S/C8H10N2O.C2H6/c1-3-4-7-8(5-9)11-6(2)10-7;1-2/h3-5,9H,1-2H3;1-2H3/b4-3-,9-5?;. The van der Waals surface area contributed by atoms with Crippen molar-refractivity contribution in [2.24, 2.45) is 0 Å². The molecule has 0 aliphatic heterocycles. The minimum Gasteiger partial charge on any atom is -0.439 e. The Balaban J connectivity index is 0.000000671. The lowest BCUT2D eigenvalue weighted by molar-refractivity contribution is 0.515. The lowest BCUT2D eigenvalue weighted by atomic mass is 10.3. The molecular formula is C10H16N2O. The summed E-state index contributed by atoms with van der Waals surface area (Å²) in [7, 11) is 0. The summed E-state index contributed by atoms with van der Waals surface area (Å²) in [5.41, 5.74) is 0.722. The van der Waals surface area contributed by atoms with Gasteiger partial charge in [0.25, 0.3) is 0 Å². The van der Waals surface area contributed by atoms with Gasteiger partial charge in [0.2, 0.25) is 0 Å². The second kappa shape index (κ2) is 6.17. The number of hydrogen-bond donors (Lipinski definition) is 1. The second-order valence-electron chi connectivity index (χ2n) is 2.13. The van der Waals surface area contributed by atoms with Gasteiger partial charge in [0.1, 0.15) is 5.69 Å². The molecular weight excluding hydrogens is 164 g/mol. The first kappa shape index (κ1) is 11.6. The van der Waals surface area contributed by atoms with E-state index in [-0.39, 0.29) is 0 Å². The molecule has 1 heterocycles. The van der Waals surface area contributed by atoms with Crippen LogP contribution in [-0.2, 0) is 0 Å². The Bertz CT molecular complexity index is 287. The van der Waals surface area contributed by atoms with Crippen LogP contribution in [0.15, 0.2) is 10.5 Å². The van der Waals surface area contributed by atoms with Crippen molar-refractivity contribution in [2.45, 2.75) is 27.7 Å². The summed E-state index contributed by atoms with van der Waals surface area (Å²) in [6.07, 6.45) is 4.84. The van der Waals surface area contributed by atoms with Crippen molar-refractivity contribution in [3.63, 3.8) is 0 Å². The Hall–Kier alpha value is -1.38. The molecule has 1 rings (SSSR count). The highest BCUT2D eigenvalue weighted by atomic mass is 16.4. The van der Waals surface area contributed by atoms with Crippen LogP contribution >= 0.6 is 0 Å². The lowest BCUT2D eigenvalue weighted by Gasteiger charge is -1.82. The van der Waals surface area contributed by atoms with Crippen LogP contribution in [0.25, 0.3) is 6.08 Å². The number of aromatic nitrogens is 1. The van der Waals surface area contributed by atoms with E-state index in [0.717, 1.165) is 11.9 Å². The zero-order chi connectivity index (χ0) is 10.3. The summed E-state index contributed by atoms with van der Waals surface area (Å²) in [4.78, 5) is 4.07. The molecule has 3 nitrogen and oxygen atoms in total. The lowest BCUT2D eigenvalue weighted by Crippen LogP contribution is -1.79.